The molecular formula is C22H27F4N3O4. The summed E-state index contributed by atoms with van der Waals surface area (Å²) in [6.45, 7) is 2.39. The summed E-state index contributed by atoms with van der Waals surface area (Å²) in [7, 11) is 0. The first-order chi connectivity index (χ1) is 15.5. The average molecular weight is 473 g/mol. The van der Waals surface area contributed by atoms with Crippen molar-refractivity contribution in [2.75, 3.05) is 19.6 Å². The fourth-order valence-electron chi connectivity index (χ4n) is 4.60. The zero-order valence-electron chi connectivity index (χ0n) is 18.1. The number of rotatable bonds is 3. The number of carboxylic acid groups (broad SMARTS) is 1. The van der Waals surface area contributed by atoms with Gasteiger partial charge in [-0.2, -0.15) is 13.2 Å². The molecule has 3 aliphatic rings. The van der Waals surface area contributed by atoms with E-state index in [0.717, 1.165) is 31.4 Å². The second-order valence-electron chi connectivity index (χ2n) is 8.88. The van der Waals surface area contributed by atoms with E-state index in [1.807, 2.05) is 17.0 Å². The Morgan fingerprint density at radius 1 is 1.00 bits per heavy atom. The van der Waals surface area contributed by atoms with E-state index in [-0.39, 0.29) is 17.2 Å². The van der Waals surface area contributed by atoms with Crippen LogP contribution in [0.25, 0.3) is 0 Å². The van der Waals surface area contributed by atoms with Gasteiger partial charge in [0.2, 0.25) is 5.91 Å². The Labute approximate surface area is 188 Å². The predicted molar refractivity (Wildman–Crippen MR) is 109 cm³/mol. The zero-order chi connectivity index (χ0) is 24.3. The van der Waals surface area contributed by atoms with Gasteiger partial charge in [0.25, 0.3) is 5.91 Å². The molecular weight excluding hydrogens is 446 g/mol. The highest BCUT2D eigenvalue weighted by molar-refractivity contribution is 5.87. The van der Waals surface area contributed by atoms with E-state index in [0.29, 0.717) is 45.3 Å². The molecule has 0 radical (unpaired) electrons. The van der Waals surface area contributed by atoms with Crippen LogP contribution in [0.5, 0.6) is 0 Å². The molecule has 1 aromatic rings. The first kappa shape index (κ1) is 24.9. The number of pyridine rings is 1. The molecule has 3 heterocycles. The molecule has 0 bridgehead atoms. The zero-order valence-corrected chi connectivity index (χ0v) is 18.1. The summed E-state index contributed by atoms with van der Waals surface area (Å²) in [5, 5.41) is 7.12. The van der Waals surface area contributed by atoms with E-state index in [2.05, 4.69) is 4.98 Å². The average Bonchev–Trinajstić information content (AvgIpc) is 2.76. The third-order valence-electron chi connectivity index (χ3n) is 6.73. The quantitative estimate of drug-likeness (QED) is 0.680. The number of carboxylic acids is 1. The van der Waals surface area contributed by atoms with Crippen LogP contribution in [0.15, 0.2) is 24.5 Å². The molecule has 1 aliphatic carbocycles. The van der Waals surface area contributed by atoms with Gasteiger partial charge in [-0.05, 0) is 62.6 Å². The van der Waals surface area contributed by atoms with Gasteiger partial charge in [0.1, 0.15) is 0 Å². The minimum Gasteiger partial charge on any atom is -0.475 e. The van der Waals surface area contributed by atoms with Crippen molar-refractivity contribution in [1.82, 2.24) is 14.8 Å². The fourth-order valence-corrected chi connectivity index (χ4v) is 4.60. The summed E-state index contributed by atoms with van der Waals surface area (Å²) in [5.41, 5.74) is -0.915. The molecule has 1 saturated carbocycles. The molecule has 3 fully saturated rings. The highest BCUT2D eigenvalue weighted by Crippen LogP contribution is 2.43. The molecule has 0 aromatic carbocycles. The maximum Gasteiger partial charge on any atom is 0.490 e. The van der Waals surface area contributed by atoms with Crippen LogP contribution in [0.2, 0.25) is 0 Å². The Balaban J connectivity index is 0.000000383. The molecule has 182 valence electrons. The van der Waals surface area contributed by atoms with E-state index in [4.69, 9.17) is 9.90 Å². The third-order valence-corrected chi connectivity index (χ3v) is 6.73. The highest BCUT2D eigenvalue weighted by atomic mass is 19.4. The van der Waals surface area contributed by atoms with Crippen molar-refractivity contribution in [2.45, 2.75) is 63.3 Å². The number of hydrogen-bond acceptors (Lipinski definition) is 4. The van der Waals surface area contributed by atoms with Crippen LogP contribution in [0, 0.1) is 5.41 Å². The van der Waals surface area contributed by atoms with Gasteiger partial charge in [-0.3, -0.25) is 14.6 Å². The molecule has 0 unspecified atom stereocenters. The Morgan fingerprint density at radius 2 is 1.58 bits per heavy atom. The lowest BCUT2D eigenvalue weighted by atomic mass is 9.71. The molecule has 11 heteroatoms. The van der Waals surface area contributed by atoms with E-state index in [1.165, 1.54) is 0 Å². The Kier molecular flexibility index (Phi) is 7.28. The van der Waals surface area contributed by atoms with Gasteiger partial charge < -0.3 is 14.9 Å². The van der Waals surface area contributed by atoms with Crippen molar-refractivity contribution >= 4 is 17.8 Å². The fraction of sp³-hybridized carbons (Fsp3) is 0.636. The maximum absolute atomic E-state index is 14.4. The summed E-state index contributed by atoms with van der Waals surface area (Å²) < 4.78 is 46.2. The van der Waals surface area contributed by atoms with Gasteiger partial charge >= 0.3 is 12.1 Å². The Bertz CT molecular complexity index is 866. The number of amides is 2. The van der Waals surface area contributed by atoms with Crippen LogP contribution >= 0.6 is 0 Å². The molecule has 2 aliphatic heterocycles. The minimum atomic E-state index is -5.08. The standard InChI is InChI=1S/C20H26FN3O2.C2HF3O2/c21-20(6-1-7-20)18(26)23-13-8-19(9-14-23)5-2-12-24(17(19)25)15-16-3-10-22-11-4-16;3-2(4,5)1(6)7/h3-4,10-11H,1-2,5-9,12-15H2;(H,6,7). The van der Waals surface area contributed by atoms with Gasteiger partial charge in [0.15, 0.2) is 5.67 Å². The second kappa shape index (κ2) is 9.64. The number of aliphatic carboxylic acids is 1. The molecule has 4 rings (SSSR count). The smallest absolute Gasteiger partial charge is 0.475 e. The van der Waals surface area contributed by atoms with Crippen molar-refractivity contribution in [3.05, 3.63) is 30.1 Å². The van der Waals surface area contributed by atoms with Crippen molar-refractivity contribution < 1.29 is 37.1 Å². The lowest BCUT2D eigenvalue weighted by molar-refractivity contribution is -0.192. The van der Waals surface area contributed by atoms with E-state index >= 15 is 0 Å². The lowest BCUT2D eigenvalue weighted by Crippen LogP contribution is -2.57. The Hall–Kier alpha value is -2.72. The van der Waals surface area contributed by atoms with Gasteiger partial charge in [-0.25, -0.2) is 9.18 Å². The van der Waals surface area contributed by atoms with Crippen molar-refractivity contribution in [3.63, 3.8) is 0 Å². The molecule has 1 spiro atoms. The first-order valence-corrected chi connectivity index (χ1v) is 10.9. The largest absolute Gasteiger partial charge is 0.490 e. The van der Waals surface area contributed by atoms with Gasteiger partial charge in [-0.15, -0.1) is 0 Å². The number of piperidine rings is 2. The molecule has 7 nitrogen and oxygen atoms in total. The van der Waals surface area contributed by atoms with Crippen molar-refractivity contribution in [3.8, 4) is 0 Å². The van der Waals surface area contributed by atoms with Crippen LogP contribution in [-0.2, 0) is 20.9 Å². The normalized spacial score (nSPS) is 21.6. The summed E-state index contributed by atoms with van der Waals surface area (Å²) in [6, 6.07) is 3.88. The SMILES string of the molecule is O=C(N1CCC2(CCCN(Cc3ccncc3)C2=O)CC1)C1(F)CCC1.O=C(O)C(F)(F)F. The second-order valence-corrected chi connectivity index (χ2v) is 8.88. The Morgan fingerprint density at radius 3 is 2.06 bits per heavy atom. The molecule has 1 N–H and O–H groups in total. The first-order valence-electron chi connectivity index (χ1n) is 10.9. The lowest BCUT2D eigenvalue weighted by Gasteiger charge is -2.48. The summed E-state index contributed by atoms with van der Waals surface area (Å²) in [4.78, 5) is 42.1. The van der Waals surface area contributed by atoms with Crippen molar-refractivity contribution in [1.29, 1.82) is 0 Å². The minimum absolute atomic E-state index is 0.200. The number of alkyl halides is 4. The van der Waals surface area contributed by atoms with E-state index in [9.17, 15) is 27.2 Å². The maximum atomic E-state index is 14.4. The van der Waals surface area contributed by atoms with Crippen molar-refractivity contribution in [2.24, 2.45) is 5.41 Å². The number of halogens is 4. The van der Waals surface area contributed by atoms with E-state index < -0.39 is 17.8 Å². The molecule has 2 amide bonds. The van der Waals surface area contributed by atoms with Gasteiger partial charge in [0.05, 0.1) is 5.41 Å². The number of likely N-dealkylation sites (tertiary alicyclic amines) is 2. The molecule has 0 atom stereocenters. The summed E-state index contributed by atoms with van der Waals surface area (Å²) in [6.07, 6.45) is 3.08. The monoisotopic (exact) mass is 473 g/mol. The van der Waals surface area contributed by atoms with E-state index in [1.54, 1.807) is 17.3 Å². The summed E-state index contributed by atoms with van der Waals surface area (Å²) >= 11 is 0. The van der Waals surface area contributed by atoms with Crippen LogP contribution in [0.3, 0.4) is 0 Å². The highest BCUT2D eigenvalue weighted by Gasteiger charge is 2.51. The van der Waals surface area contributed by atoms with Crippen LogP contribution < -0.4 is 0 Å². The number of carbonyl (C=O) groups excluding carboxylic acids is 2. The number of aromatic nitrogens is 1. The number of nitrogens with zero attached hydrogens (tertiary/aromatic N) is 3. The molecule has 1 aromatic heterocycles. The number of carbonyl (C=O) groups is 3. The molecule has 33 heavy (non-hydrogen) atoms. The van der Waals surface area contributed by atoms with Crippen LogP contribution in [0.4, 0.5) is 17.6 Å². The third kappa shape index (κ3) is 5.62. The topological polar surface area (TPSA) is 90.8 Å². The van der Waals surface area contributed by atoms with Gasteiger partial charge in [0, 0.05) is 38.6 Å². The predicted octanol–water partition coefficient (Wildman–Crippen LogP) is 3.34. The summed E-state index contributed by atoms with van der Waals surface area (Å²) in [5.74, 6) is -2.91. The molecule has 2 saturated heterocycles. The van der Waals surface area contributed by atoms with Crippen LogP contribution in [-0.4, -0.2) is 69.2 Å². The number of hydrogen-bond donors (Lipinski definition) is 1. The van der Waals surface area contributed by atoms with Crippen LogP contribution in [0.1, 0.15) is 50.5 Å². The van der Waals surface area contributed by atoms with Gasteiger partial charge in [-0.1, -0.05) is 0 Å².